The van der Waals surface area contributed by atoms with Gasteiger partial charge in [0.1, 0.15) is 24.1 Å². The average molecular weight is 600 g/mol. The molecule has 0 spiro atoms. The number of carbonyl (C=O) groups excluding carboxylic acids is 1. The molecule has 3 heterocycles. The summed E-state index contributed by atoms with van der Waals surface area (Å²) in [4.78, 5) is 17.4. The first kappa shape index (κ1) is 30.1. The highest BCUT2D eigenvalue weighted by molar-refractivity contribution is 5.67. The first-order valence-corrected chi connectivity index (χ1v) is 15.9. The normalized spacial score (nSPS) is 22.6. The SMILES string of the molecule is CNC(=O)O[C@H]1CCC[C@@H]1[C@](Cn1cnnc1C)(c1cccc(F)c1)C1CCN(CC2CN(c3ccc(C#N)cc3)C2)CC1. The van der Waals surface area contributed by atoms with E-state index in [1.807, 2.05) is 37.3 Å². The van der Waals surface area contributed by atoms with Crippen molar-refractivity contribution in [2.24, 2.45) is 17.8 Å². The van der Waals surface area contributed by atoms with Gasteiger partial charge >= 0.3 is 6.09 Å². The zero-order chi connectivity index (χ0) is 30.7. The zero-order valence-corrected chi connectivity index (χ0v) is 25.7. The minimum Gasteiger partial charge on any atom is -0.446 e. The summed E-state index contributed by atoms with van der Waals surface area (Å²) in [5, 5.41) is 20.2. The van der Waals surface area contributed by atoms with Crippen molar-refractivity contribution in [3.05, 3.63) is 77.6 Å². The van der Waals surface area contributed by atoms with Gasteiger partial charge in [0.05, 0.1) is 11.6 Å². The highest BCUT2D eigenvalue weighted by Gasteiger charge is 2.53. The fraction of sp³-hybridized carbons (Fsp3) is 0.529. The number of halogens is 1. The summed E-state index contributed by atoms with van der Waals surface area (Å²) in [7, 11) is 1.59. The Balaban J connectivity index is 1.22. The number of rotatable bonds is 9. The first-order chi connectivity index (χ1) is 21.4. The summed E-state index contributed by atoms with van der Waals surface area (Å²) >= 11 is 0. The Labute approximate surface area is 259 Å². The minimum absolute atomic E-state index is 0.0348. The number of anilines is 1. The number of likely N-dealkylation sites (tertiary alicyclic amines) is 1. The highest BCUT2D eigenvalue weighted by Crippen LogP contribution is 2.52. The Morgan fingerprint density at radius 1 is 1.14 bits per heavy atom. The van der Waals surface area contributed by atoms with Crippen LogP contribution in [0.5, 0.6) is 0 Å². The van der Waals surface area contributed by atoms with Gasteiger partial charge in [-0.1, -0.05) is 12.1 Å². The van der Waals surface area contributed by atoms with Crippen LogP contribution in [0.3, 0.4) is 0 Å². The van der Waals surface area contributed by atoms with E-state index < -0.39 is 11.5 Å². The summed E-state index contributed by atoms with van der Waals surface area (Å²) in [6.45, 7) is 7.62. The first-order valence-electron chi connectivity index (χ1n) is 15.9. The zero-order valence-electron chi connectivity index (χ0n) is 25.7. The Hall–Kier alpha value is -3.97. The van der Waals surface area contributed by atoms with Gasteiger partial charge in [-0.2, -0.15) is 5.26 Å². The standard InChI is InChI=1S/C34H42FN7O2/c1-24-39-38-23-42(24)22-34(28-5-3-6-29(35)17-28,31-7-4-8-32(31)44-33(43)37-2)27-13-15-40(16-14-27)19-26-20-41(21-26)30-11-9-25(18-36)10-12-30/h3,5-6,9-12,17,23,26-27,31-32H,4,7-8,13-16,19-22H2,1-2H3,(H,37,43)/t31-,32-,34-/m0/s1. The number of hydrogen-bond donors (Lipinski definition) is 1. The number of amides is 1. The summed E-state index contributed by atoms with van der Waals surface area (Å²) in [6, 6.07) is 17.1. The van der Waals surface area contributed by atoms with Crippen molar-refractivity contribution >= 4 is 11.8 Å². The lowest BCUT2D eigenvalue weighted by molar-refractivity contribution is 0.00164. The van der Waals surface area contributed by atoms with Gasteiger partial charge in [0.25, 0.3) is 0 Å². The molecule has 10 heteroatoms. The van der Waals surface area contributed by atoms with E-state index in [1.54, 1.807) is 19.4 Å². The number of benzene rings is 2. The van der Waals surface area contributed by atoms with Gasteiger partial charge in [-0.15, -0.1) is 10.2 Å². The predicted octanol–water partition coefficient (Wildman–Crippen LogP) is 4.91. The molecule has 0 bridgehead atoms. The van der Waals surface area contributed by atoms with Gasteiger partial charge in [0.15, 0.2) is 0 Å². The van der Waals surface area contributed by atoms with Crippen molar-refractivity contribution in [1.82, 2.24) is 25.0 Å². The van der Waals surface area contributed by atoms with Gasteiger partial charge in [-0.05, 0) is 100.0 Å². The number of carbonyl (C=O) groups is 1. The average Bonchev–Trinajstić information content (AvgIpc) is 3.66. The molecule has 232 valence electrons. The summed E-state index contributed by atoms with van der Waals surface area (Å²) in [5.41, 5.74) is 2.37. The van der Waals surface area contributed by atoms with Crippen LogP contribution in [0.1, 0.15) is 49.1 Å². The van der Waals surface area contributed by atoms with Crippen LogP contribution in [0.4, 0.5) is 14.9 Å². The maximum absolute atomic E-state index is 15.0. The van der Waals surface area contributed by atoms with Crippen LogP contribution in [-0.2, 0) is 16.7 Å². The Morgan fingerprint density at radius 3 is 2.57 bits per heavy atom. The molecule has 2 aliphatic heterocycles. The van der Waals surface area contributed by atoms with Gasteiger partial charge in [-0.25, -0.2) is 9.18 Å². The van der Waals surface area contributed by atoms with Crippen molar-refractivity contribution in [3.8, 4) is 6.07 Å². The molecule has 1 saturated carbocycles. The van der Waals surface area contributed by atoms with Crippen molar-refractivity contribution in [3.63, 3.8) is 0 Å². The second kappa shape index (κ2) is 12.9. The molecule has 3 fully saturated rings. The number of piperidine rings is 1. The van der Waals surface area contributed by atoms with E-state index in [4.69, 9.17) is 10.00 Å². The van der Waals surface area contributed by atoms with Crippen LogP contribution in [0.15, 0.2) is 54.9 Å². The molecule has 44 heavy (non-hydrogen) atoms. The largest absolute Gasteiger partial charge is 0.446 e. The smallest absolute Gasteiger partial charge is 0.407 e. The summed E-state index contributed by atoms with van der Waals surface area (Å²) in [6.07, 6.45) is 5.73. The van der Waals surface area contributed by atoms with Crippen molar-refractivity contribution in [1.29, 1.82) is 5.26 Å². The maximum Gasteiger partial charge on any atom is 0.407 e. The number of nitriles is 1. The molecule has 3 aliphatic rings. The van der Waals surface area contributed by atoms with Crippen LogP contribution in [0.25, 0.3) is 0 Å². The minimum atomic E-state index is -0.459. The quantitative estimate of drug-likeness (QED) is 0.373. The van der Waals surface area contributed by atoms with Crippen LogP contribution in [0, 0.1) is 41.8 Å². The summed E-state index contributed by atoms with van der Waals surface area (Å²) < 4.78 is 23.1. The maximum atomic E-state index is 15.0. The Kier molecular flexibility index (Phi) is 8.85. The fourth-order valence-corrected chi connectivity index (χ4v) is 8.11. The third kappa shape index (κ3) is 6.03. The molecule has 9 nitrogen and oxygen atoms in total. The molecule has 3 aromatic rings. The molecule has 3 atom stereocenters. The molecule has 6 rings (SSSR count). The van der Waals surface area contributed by atoms with E-state index in [1.165, 1.54) is 11.8 Å². The highest BCUT2D eigenvalue weighted by atomic mass is 19.1. The number of aryl methyl sites for hydroxylation is 1. The van der Waals surface area contributed by atoms with Crippen LogP contribution in [-0.4, -0.2) is 71.6 Å². The molecule has 1 aliphatic carbocycles. The topological polar surface area (TPSA) is 99.3 Å². The van der Waals surface area contributed by atoms with Gasteiger partial charge in [0, 0.05) is 56.2 Å². The van der Waals surface area contributed by atoms with E-state index in [-0.39, 0.29) is 23.8 Å². The third-order valence-electron chi connectivity index (χ3n) is 10.3. The second-order valence-electron chi connectivity index (χ2n) is 12.8. The van der Waals surface area contributed by atoms with E-state index >= 15 is 0 Å². The number of ether oxygens (including phenoxy) is 1. The third-order valence-corrected chi connectivity index (χ3v) is 10.3. The molecule has 2 aromatic carbocycles. The molecule has 2 saturated heterocycles. The van der Waals surface area contributed by atoms with Crippen molar-refractivity contribution < 1.29 is 13.9 Å². The molecule has 1 N–H and O–H groups in total. The van der Waals surface area contributed by atoms with E-state index in [0.717, 1.165) is 76.2 Å². The molecule has 1 aromatic heterocycles. The lowest BCUT2D eigenvalue weighted by Gasteiger charge is -2.51. The lowest BCUT2D eigenvalue weighted by Crippen LogP contribution is -2.55. The van der Waals surface area contributed by atoms with Crippen LogP contribution >= 0.6 is 0 Å². The van der Waals surface area contributed by atoms with Gasteiger partial charge < -0.3 is 24.4 Å². The second-order valence-corrected chi connectivity index (χ2v) is 12.8. The Morgan fingerprint density at radius 2 is 1.91 bits per heavy atom. The number of hydrogen-bond acceptors (Lipinski definition) is 7. The van der Waals surface area contributed by atoms with Gasteiger partial charge in [-0.3, -0.25) is 0 Å². The van der Waals surface area contributed by atoms with Crippen LogP contribution in [0.2, 0.25) is 0 Å². The number of nitrogens with zero attached hydrogens (tertiary/aromatic N) is 6. The van der Waals surface area contributed by atoms with E-state index in [9.17, 15) is 9.18 Å². The number of aromatic nitrogens is 3. The van der Waals surface area contributed by atoms with Crippen molar-refractivity contribution in [2.75, 3.05) is 44.7 Å². The summed E-state index contributed by atoms with van der Waals surface area (Å²) in [5.74, 6) is 1.48. The molecule has 0 unspecified atom stereocenters. The van der Waals surface area contributed by atoms with Gasteiger partial charge in [0.2, 0.25) is 0 Å². The molecule has 1 amide bonds. The predicted molar refractivity (Wildman–Crippen MR) is 166 cm³/mol. The fourth-order valence-electron chi connectivity index (χ4n) is 8.11. The van der Waals surface area contributed by atoms with Crippen LogP contribution < -0.4 is 10.2 Å². The lowest BCUT2D eigenvalue weighted by atomic mass is 9.58. The van der Waals surface area contributed by atoms with E-state index in [2.05, 4.69) is 42.0 Å². The van der Waals surface area contributed by atoms with E-state index in [0.29, 0.717) is 18.0 Å². The number of nitrogens with one attached hydrogen (secondary N) is 1. The molecular formula is C34H42FN7O2. The molecule has 0 radical (unpaired) electrons. The Bertz CT molecular complexity index is 1470. The van der Waals surface area contributed by atoms with Crippen molar-refractivity contribution in [2.45, 2.75) is 57.1 Å². The molecular weight excluding hydrogens is 557 g/mol. The number of alkyl carbamates (subject to hydrolysis) is 1. The monoisotopic (exact) mass is 599 g/mol.